The van der Waals surface area contributed by atoms with Gasteiger partial charge >= 0.3 is 0 Å². The zero-order valence-electron chi connectivity index (χ0n) is 26.3. The minimum atomic E-state index is -0.261. The molecule has 1 amide bonds. The Kier molecular flexibility index (Phi) is 9.33. The summed E-state index contributed by atoms with van der Waals surface area (Å²) in [6.07, 6.45) is 8.12. The van der Waals surface area contributed by atoms with Crippen LogP contribution in [0, 0.1) is 12.8 Å². The van der Waals surface area contributed by atoms with Gasteiger partial charge in [0.2, 0.25) is 0 Å². The number of amidine groups is 1. The molecule has 0 spiro atoms. The van der Waals surface area contributed by atoms with Crippen LogP contribution in [-0.4, -0.2) is 27.8 Å². The molecule has 4 N–H and O–H groups in total. The van der Waals surface area contributed by atoms with Gasteiger partial charge in [0, 0.05) is 59.1 Å². The van der Waals surface area contributed by atoms with Gasteiger partial charge in [0.1, 0.15) is 5.84 Å². The van der Waals surface area contributed by atoms with E-state index in [1.807, 2.05) is 35.8 Å². The van der Waals surface area contributed by atoms with E-state index in [2.05, 4.69) is 95.7 Å². The number of allylic oxidation sites excluding steroid dienone is 3. The van der Waals surface area contributed by atoms with E-state index in [9.17, 15) is 4.79 Å². The second-order valence-electron chi connectivity index (χ2n) is 11.4. The number of aryl methyl sites for hydroxylation is 2. The lowest BCUT2D eigenvalue weighted by Crippen LogP contribution is -2.25. The fraction of sp³-hybridized carbons (Fsp3) is 0.216. The van der Waals surface area contributed by atoms with Crippen LogP contribution in [0.1, 0.15) is 41.8 Å². The van der Waals surface area contributed by atoms with E-state index in [4.69, 9.17) is 0 Å². The number of aromatic nitrogens is 2. The molecular formula is C37H41N7O. The van der Waals surface area contributed by atoms with Gasteiger partial charge in [0.05, 0.1) is 24.3 Å². The fourth-order valence-corrected chi connectivity index (χ4v) is 5.22. The van der Waals surface area contributed by atoms with Crippen LogP contribution in [0.4, 0.5) is 5.69 Å². The third kappa shape index (κ3) is 7.24. The van der Waals surface area contributed by atoms with Crippen LogP contribution in [-0.2, 0) is 24.3 Å². The molecule has 8 nitrogen and oxygen atoms in total. The SMILES string of the molecule is C=C1CN=C(c2ccc(CNC(=O)C(=C)/C=C(/C(=C)NCc3cccc(NC4=CC(=C)C4C)c3)n3cncc3C)c(CC)c2)N1. The molecule has 230 valence electrons. The van der Waals surface area contributed by atoms with Crippen molar-refractivity contribution in [2.24, 2.45) is 10.9 Å². The minimum Gasteiger partial charge on any atom is -0.380 e. The largest absolute Gasteiger partial charge is 0.380 e. The van der Waals surface area contributed by atoms with E-state index in [1.165, 1.54) is 0 Å². The number of carbonyl (C=O) groups excluding carboxylic acids is 1. The Morgan fingerprint density at radius 1 is 1.11 bits per heavy atom. The van der Waals surface area contributed by atoms with Crippen molar-refractivity contribution in [2.45, 2.75) is 40.3 Å². The van der Waals surface area contributed by atoms with Crippen molar-refractivity contribution in [3.05, 3.63) is 150 Å². The van der Waals surface area contributed by atoms with Gasteiger partial charge in [-0.15, -0.1) is 0 Å². The number of amides is 1. The molecule has 0 saturated carbocycles. The number of anilines is 1. The average Bonchev–Trinajstić information content (AvgIpc) is 3.68. The Morgan fingerprint density at radius 3 is 2.60 bits per heavy atom. The number of hydrogen-bond donors (Lipinski definition) is 4. The number of rotatable bonds is 13. The number of aliphatic imine (C=N–C) groups is 1. The summed E-state index contributed by atoms with van der Waals surface area (Å²) < 4.78 is 1.89. The standard InChI is InChI=1S/C37H41N7O/c1-8-30-17-31(36-40-18-25(4)42-36)12-13-32(30)21-41-37(45)24(3)15-35(44-22-38-19-26(44)5)28(7)39-20-29-10-9-11-33(16-29)43-34-14-23(2)27(34)6/h9-17,19,22,27,39,43H,2-4,7-8,18,20-21H2,1,5-6H3,(H,40,42)(H,41,45)/b35-15-. The molecule has 3 aromatic rings. The molecule has 2 heterocycles. The molecule has 0 bridgehead atoms. The highest BCUT2D eigenvalue weighted by Gasteiger charge is 2.20. The van der Waals surface area contributed by atoms with Crippen molar-refractivity contribution < 1.29 is 4.79 Å². The van der Waals surface area contributed by atoms with Crippen LogP contribution in [0.25, 0.3) is 5.70 Å². The van der Waals surface area contributed by atoms with Crippen molar-refractivity contribution in [3.63, 3.8) is 0 Å². The first kappa shape index (κ1) is 31.1. The van der Waals surface area contributed by atoms with Crippen LogP contribution in [0.15, 0.2) is 127 Å². The first-order valence-corrected chi connectivity index (χ1v) is 15.1. The Labute approximate surface area is 265 Å². The smallest absolute Gasteiger partial charge is 0.251 e. The molecule has 1 atom stereocenters. The number of imidazole rings is 1. The molecule has 1 aliphatic carbocycles. The summed E-state index contributed by atoms with van der Waals surface area (Å²) >= 11 is 0. The third-order valence-corrected chi connectivity index (χ3v) is 8.10. The van der Waals surface area contributed by atoms with Crippen molar-refractivity contribution >= 4 is 23.1 Å². The Morgan fingerprint density at radius 2 is 1.93 bits per heavy atom. The van der Waals surface area contributed by atoms with Gasteiger partial charge in [-0.2, -0.15) is 0 Å². The monoisotopic (exact) mass is 599 g/mol. The van der Waals surface area contributed by atoms with Crippen LogP contribution in [0.5, 0.6) is 0 Å². The quantitative estimate of drug-likeness (QED) is 0.140. The third-order valence-electron chi connectivity index (χ3n) is 8.10. The molecule has 8 heteroatoms. The van der Waals surface area contributed by atoms with Crippen molar-refractivity contribution in [3.8, 4) is 0 Å². The molecule has 0 fully saturated rings. The van der Waals surface area contributed by atoms with Crippen molar-refractivity contribution in [2.75, 3.05) is 11.9 Å². The maximum Gasteiger partial charge on any atom is 0.251 e. The van der Waals surface area contributed by atoms with E-state index >= 15 is 0 Å². The second kappa shape index (κ2) is 13.5. The summed E-state index contributed by atoms with van der Waals surface area (Å²) in [5.74, 6) is 0.910. The predicted molar refractivity (Wildman–Crippen MR) is 184 cm³/mol. The topological polar surface area (TPSA) is 95.4 Å². The van der Waals surface area contributed by atoms with E-state index in [-0.39, 0.29) is 5.91 Å². The van der Waals surface area contributed by atoms with E-state index in [1.54, 1.807) is 18.6 Å². The summed E-state index contributed by atoms with van der Waals surface area (Å²) in [5, 5.41) is 13.2. The lowest BCUT2D eigenvalue weighted by atomic mass is 9.87. The number of nitrogens with one attached hydrogen (secondary N) is 4. The minimum absolute atomic E-state index is 0.261. The zero-order valence-corrected chi connectivity index (χ0v) is 26.3. The normalized spacial score (nSPS) is 15.9. The van der Waals surface area contributed by atoms with Crippen molar-refractivity contribution in [1.82, 2.24) is 25.5 Å². The highest BCUT2D eigenvalue weighted by molar-refractivity contribution is 6.01. The van der Waals surface area contributed by atoms with Gasteiger partial charge < -0.3 is 25.8 Å². The average molecular weight is 600 g/mol. The number of carbonyl (C=O) groups is 1. The zero-order chi connectivity index (χ0) is 32.1. The number of hydrogen-bond acceptors (Lipinski definition) is 6. The fourth-order valence-electron chi connectivity index (χ4n) is 5.22. The predicted octanol–water partition coefficient (Wildman–Crippen LogP) is 6.14. The van der Waals surface area contributed by atoms with E-state index in [0.29, 0.717) is 42.5 Å². The van der Waals surface area contributed by atoms with E-state index < -0.39 is 0 Å². The van der Waals surface area contributed by atoms with Gasteiger partial charge in [0.15, 0.2) is 0 Å². The first-order valence-electron chi connectivity index (χ1n) is 15.1. The Bertz CT molecular complexity index is 1790. The van der Waals surface area contributed by atoms with Gasteiger partial charge in [0.25, 0.3) is 5.91 Å². The molecule has 0 saturated heterocycles. The van der Waals surface area contributed by atoms with Crippen LogP contribution >= 0.6 is 0 Å². The molecule has 5 rings (SSSR count). The summed E-state index contributed by atoms with van der Waals surface area (Å²) in [4.78, 5) is 22.0. The molecule has 2 aromatic carbocycles. The molecular weight excluding hydrogens is 558 g/mol. The summed E-state index contributed by atoms with van der Waals surface area (Å²) in [5.41, 5.74) is 11.1. The lowest BCUT2D eigenvalue weighted by molar-refractivity contribution is -0.117. The summed E-state index contributed by atoms with van der Waals surface area (Å²) in [6.45, 7) is 24.1. The van der Waals surface area contributed by atoms with Crippen LogP contribution < -0.4 is 21.3 Å². The maximum atomic E-state index is 13.2. The second-order valence-corrected chi connectivity index (χ2v) is 11.4. The molecule has 1 aliphatic heterocycles. The van der Waals surface area contributed by atoms with Crippen LogP contribution in [0.2, 0.25) is 0 Å². The van der Waals surface area contributed by atoms with E-state index in [0.717, 1.165) is 62.9 Å². The molecule has 0 radical (unpaired) electrons. The first-order chi connectivity index (χ1) is 21.6. The van der Waals surface area contributed by atoms with Gasteiger partial charge in [-0.1, -0.05) is 64.4 Å². The van der Waals surface area contributed by atoms with Crippen molar-refractivity contribution in [1.29, 1.82) is 0 Å². The van der Waals surface area contributed by atoms with Gasteiger partial charge in [-0.05, 0) is 66.0 Å². The highest BCUT2D eigenvalue weighted by Crippen LogP contribution is 2.32. The van der Waals surface area contributed by atoms with Gasteiger partial charge in [-0.3, -0.25) is 9.79 Å². The Hall–Kier alpha value is -5.37. The number of nitrogens with zero attached hydrogens (tertiary/aromatic N) is 3. The highest BCUT2D eigenvalue weighted by atomic mass is 16.1. The Balaban J connectivity index is 1.25. The molecule has 45 heavy (non-hydrogen) atoms. The molecule has 1 aromatic heterocycles. The maximum absolute atomic E-state index is 13.2. The molecule has 1 unspecified atom stereocenters. The summed E-state index contributed by atoms with van der Waals surface area (Å²) in [7, 11) is 0. The lowest BCUT2D eigenvalue weighted by Gasteiger charge is -2.27. The number of benzene rings is 2. The van der Waals surface area contributed by atoms with Gasteiger partial charge in [-0.25, -0.2) is 4.98 Å². The van der Waals surface area contributed by atoms with Crippen LogP contribution in [0.3, 0.4) is 0 Å². The molecule has 2 aliphatic rings. The summed E-state index contributed by atoms with van der Waals surface area (Å²) in [6, 6.07) is 14.4.